The summed E-state index contributed by atoms with van der Waals surface area (Å²) in [6, 6.07) is 4.88. The monoisotopic (exact) mass is 339 g/mol. The molecule has 2 aromatic rings. The lowest BCUT2D eigenvalue weighted by Gasteiger charge is -2.11. The van der Waals surface area contributed by atoms with Crippen molar-refractivity contribution in [2.75, 3.05) is 20.1 Å². The number of carbonyl (C=O) groups excluding carboxylic acids is 1. The number of H-pyrrole nitrogens is 1. The Morgan fingerprint density at radius 3 is 3.00 bits per heavy atom. The average Bonchev–Trinajstić information content (AvgIpc) is 2.95. The first kappa shape index (κ1) is 13.6. The lowest BCUT2D eigenvalue weighted by molar-refractivity contribution is 0.0934. The maximum atomic E-state index is 13.8. The van der Waals surface area contributed by atoms with Crippen LogP contribution in [-0.4, -0.2) is 42.0 Å². The summed E-state index contributed by atoms with van der Waals surface area (Å²) in [5, 5.41) is 3.41. The molecule has 1 aliphatic heterocycles. The Morgan fingerprint density at radius 2 is 2.30 bits per heavy atom. The second kappa shape index (κ2) is 5.18. The Kier molecular flexibility index (Phi) is 3.52. The zero-order valence-corrected chi connectivity index (χ0v) is 12.6. The number of aromatic amines is 1. The fourth-order valence-electron chi connectivity index (χ4n) is 2.60. The predicted octanol–water partition coefficient (Wildman–Crippen LogP) is 2.50. The van der Waals surface area contributed by atoms with E-state index in [-0.39, 0.29) is 17.8 Å². The smallest absolute Gasteiger partial charge is 0.267 e. The van der Waals surface area contributed by atoms with Gasteiger partial charge in [-0.3, -0.25) is 4.79 Å². The summed E-state index contributed by atoms with van der Waals surface area (Å²) in [4.78, 5) is 17.3. The number of carbonyl (C=O) groups is 1. The van der Waals surface area contributed by atoms with Crippen LogP contribution in [0.5, 0.6) is 0 Å². The SMILES string of the molecule is CN1CCC(NC(=O)c2cc3c(F)cc(Br)cc3[nH]2)C1. The predicted molar refractivity (Wildman–Crippen MR) is 79.3 cm³/mol. The number of hydrogen-bond donors (Lipinski definition) is 2. The number of fused-ring (bicyclic) bond motifs is 1. The maximum Gasteiger partial charge on any atom is 0.267 e. The molecule has 1 unspecified atom stereocenters. The van der Waals surface area contributed by atoms with Gasteiger partial charge < -0.3 is 15.2 Å². The molecule has 1 amide bonds. The molecule has 0 bridgehead atoms. The van der Waals surface area contributed by atoms with E-state index in [1.54, 1.807) is 12.1 Å². The molecule has 2 N–H and O–H groups in total. The van der Waals surface area contributed by atoms with Gasteiger partial charge in [0.05, 0.1) is 5.52 Å². The Labute approximate surface area is 124 Å². The van der Waals surface area contributed by atoms with Gasteiger partial charge in [0, 0.05) is 22.4 Å². The first-order valence-electron chi connectivity index (χ1n) is 6.50. The highest BCUT2D eigenvalue weighted by Gasteiger charge is 2.22. The van der Waals surface area contributed by atoms with Gasteiger partial charge >= 0.3 is 0 Å². The van der Waals surface area contributed by atoms with Gasteiger partial charge in [-0.05, 0) is 38.2 Å². The number of nitrogens with one attached hydrogen (secondary N) is 2. The molecular weight excluding hydrogens is 325 g/mol. The van der Waals surface area contributed by atoms with Gasteiger partial charge in [-0.2, -0.15) is 0 Å². The van der Waals surface area contributed by atoms with Crippen LogP contribution in [0.25, 0.3) is 10.9 Å². The summed E-state index contributed by atoms with van der Waals surface area (Å²) in [7, 11) is 2.03. The standard InChI is InChI=1S/C14H15BrFN3O/c1-19-3-2-9(7-19)17-14(20)13-6-10-11(16)4-8(15)5-12(10)18-13/h4-6,9,18H,2-3,7H2,1H3,(H,17,20). The molecule has 2 heterocycles. The summed E-state index contributed by atoms with van der Waals surface area (Å²) >= 11 is 3.24. The molecule has 0 spiro atoms. The van der Waals surface area contributed by atoms with Gasteiger partial charge in [0.15, 0.2) is 0 Å². The minimum absolute atomic E-state index is 0.162. The molecule has 1 aromatic carbocycles. The van der Waals surface area contributed by atoms with E-state index in [4.69, 9.17) is 0 Å². The Hall–Kier alpha value is -1.40. The average molecular weight is 340 g/mol. The van der Waals surface area contributed by atoms with Crippen molar-refractivity contribution in [3.63, 3.8) is 0 Å². The van der Waals surface area contributed by atoms with Gasteiger partial charge in [0.1, 0.15) is 11.5 Å². The lowest BCUT2D eigenvalue weighted by atomic mass is 10.2. The zero-order valence-electron chi connectivity index (χ0n) is 11.0. The molecule has 4 nitrogen and oxygen atoms in total. The van der Waals surface area contributed by atoms with Crippen LogP contribution in [0.4, 0.5) is 4.39 Å². The van der Waals surface area contributed by atoms with Gasteiger partial charge in [-0.15, -0.1) is 0 Å². The number of amides is 1. The Bertz CT molecular complexity index is 670. The summed E-state index contributed by atoms with van der Waals surface area (Å²) in [6.45, 7) is 1.84. The van der Waals surface area contributed by atoms with Gasteiger partial charge in [-0.1, -0.05) is 15.9 Å². The van der Waals surface area contributed by atoms with E-state index >= 15 is 0 Å². The molecule has 0 radical (unpaired) electrons. The number of rotatable bonds is 2. The van der Waals surface area contributed by atoms with Crippen LogP contribution in [0.15, 0.2) is 22.7 Å². The lowest BCUT2D eigenvalue weighted by Crippen LogP contribution is -2.36. The number of aromatic nitrogens is 1. The van der Waals surface area contributed by atoms with Crippen molar-refractivity contribution in [3.8, 4) is 0 Å². The molecule has 106 valence electrons. The molecule has 0 saturated carbocycles. The quantitative estimate of drug-likeness (QED) is 0.883. The van der Waals surface area contributed by atoms with Crippen LogP contribution in [0.3, 0.4) is 0 Å². The fraction of sp³-hybridized carbons (Fsp3) is 0.357. The summed E-state index contributed by atoms with van der Waals surface area (Å²) in [5.41, 5.74) is 1.01. The van der Waals surface area contributed by atoms with Crippen LogP contribution in [0.1, 0.15) is 16.9 Å². The van der Waals surface area contributed by atoms with E-state index in [0.29, 0.717) is 21.1 Å². The van der Waals surface area contributed by atoms with Crippen LogP contribution < -0.4 is 5.32 Å². The summed E-state index contributed by atoms with van der Waals surface area (Å²) in [6.07, 6.45) is 0.947. The van der Waals surface area contributed by atoms with E-state index < -0.39 is 0 Å². The van der Waals surface area contributed by atoms with Crippen molar-refractivity contribution in [2.45, 2.75) is 12.5 Å². The molecule has 20 heavy (non-hydrogen) atoms. The summed E-state index contributed by atoms with van der Waals surface area (Å²) in [5.74, 6) is -0.526. The molecule has 1 saturated heterocycles. The number of benzene rings is 1. The van der Waals surface area contributed by atoms with Crippen LogP contribution in [0, 0.1) is 5.82 Å². The molecule has 0 aliphatic carbocycles. The fourth-order valence-corrected chi connectivity index (χ4v) is 3.03. The first-order valence-corrected chi connectivity index (χ1v) is 7.29. The van der Waals surface area contributed by atoms with Crippen molar-refractivity contribution in [1.82, 2.24) is 15.2 Å². The first-order chi connectivity index (χ1) is 9.52. The second-order valence-electron chi connectivity index (χ2n) is 5.25. The number of hydrogen-bond acceptors (Lipinski definition) is 2. The zero-order chi connectivity index (χ0) is 14.3. The van der Waals surface area contributed by atoms with E-state index in [1.807, 2.05) is 7.05 Å². The number of nitrogens with zero attached hydrogens (tertiary/aromatic N) is 1. The highest BCUT2D eigenvalue weighted by molar-refractivity contribution is 9.10. The third-order valence-corrected chi connectivity index (χ3v) is 4.08. The van der Waals surface area contributed by atoms with E-state index in [2.05, 4.69) is 31.1 Å². The summed E-state index contributed by atoms with van der Waals surface area (Å²) < 4.78 is 14.4. The highest BCUT2D eigenvalue weighted by Crippen LogP contribution is 2.24. The number of likely N-dealkylation sites (tertiary alicyclic amines) is 1. The molecule has 1 aliphatic rings. The largest absolute Gasteiger partial charge is 0.350 e. The molecular formula is C14H15BrFN3O. The third kappa shape index (κ3) is 2.58. The van der Waals surface area contributed by atoms with Crippen molar-refractivity contribution in [3.05, 3.63) is 34.2 Å². The van der Waals surface area contributed by atoms with Gasteiger partial charge in [0.2, 0.25) is 0 Å². The molecule has 1 aromatic heterocycles. The molecule has 1 atom stereocenters. The van der Waals surface area contributed by atoms with Crippen molar-refractivity contribution < 1.29 is 9.18 Å². The van der Waals surface area contributed by atoms with E-state index in [9.17, 15) is 9.18 Å². The van der Waals surface area contributed by atoms with Crippen molar-refractivity contribution >= 4 is 32.7 Å². The Balaban J connectivity index is 1.83. The molecule has 1 fully saturated rings. The molecule has 6 heteroatoms. The van der Waals surface area contributed by atoms with E-state index in [0.717, 1.165) is 19.5 Å². The maximum absolute atomic E-state index is 13.8. The van der Waals surface area contributed by atoms with Gasteiger partial charge in [0.25, 0.3) is 5.91 Å². The van der Waals surface area contributed by atoms with Crippen LogP contribution >= 0.6 is 15.9 Å². The second-order valence-corrected chi connectivity index (χ2v) is 6.17. The number of halogens is 2. The van der Waals surface area contributed by atoms with Crippen LogP contribution in [0.2, 0.25) is 0 Å². The third-order valence-electron chi connectivity index (χ3n) is 3.62. The Morgan fingerprint density at radius 1 is 1.50 bits per heavy atom. The van der Waals surface area contributed by atoms with E-state index in [1.165, 1.54) is 6.07 Å². The van der Waals surface area contributed by atoms with Crippen molar-refractivity contribution in [2.24, 2.45) is 0 Å². The minimum atomic E-state index is -0.342. The number of likely N-dealkylation sites (N-methyl/N-ethyl adjacent to an activating group) is 1. The van der Waals surface area contributed by atoms with Crippen molar-refractivity contribution in [1.29, 1.82) is 0 Å². The topological polar surface area (TPSA) is 48.1 Å². The highest BCUT2D eigenvalue weighted by atomic mass is 79.9. The van der Waals surface area contributed by atoms with Gasteiger partial charge in [-0.25, -0.2) is 4.39 Å². The molecule has 3 rings (SSSR count). The minimum Gasteiger partial charge on any atom is -0.350 e. The van der Waals surface area contributed by atoms with Crippen LogP contribution in [-0.2, 0) is 0 Å². The normalized spacial score (nSPS) is 19.6.